The second kappa shape index (κ2) is 11.4. The molecule has 1 saturated heterocycles. The molecule has 35 heavy (non-hydrogen) atoms. The van der Waals surface area contributed by atoms with Crippen molar-refractivity contribution in [2.45, 2.75) is 17.1 Å². The average molecular weight is 486 g/mol. The number of para-hydroxylation sites is 1. The number of fused-ring (bicyclic) bond motifs is 1. The molecule has 0 radical (unpaired) electrons. The number of amides is 1. The summed E-state index contributed by atoms with van der Waals surface area (Å²) in [5, 5.41) is 3.12. The molecule has 2 aromatic carbocycles. The summed E-state index contributed by atoms with van der Waals surface area (Å²) in [4.78, 5) is 23.5. The molecule has 0 unspecified atom stereocenters. The van der Waals surface area contributed by atoms with Crippen LogP contribution < -0.4 is 10.2 Å². The third-order valence-electron chi connectivity index (χ3n) is 6.35. The van der Waals surface area contributed by atoms with Gasteiger partial charge in [0.05, 0.1) is 11.3 Å². The second-order valence-electron chi connectivity index (χ2n) is 8.76. The van der Waals surface area contributed by atoms with E-state index < -0.39 is 0 Å². The van der Waals surface area contributed by atoms with E-state index >= 15 is 0 Å². The molecular weight excluding hydrogens is 454 g/mol. The van der Waals surface area contributed by atoms with Gasteiger partial charge in [-0.2, -0.15) is 0 Å². The molecule has 4 aromatic rings. The molecule has 0 spiro atoms. The van der Waals surface area contributed by atoms with Crippen molar-refractivity contribution in [3.63, 3.8) is 0 Å². The van der Waals surface area contributed by atoms with Crippen molar-refractivity contribution < 1.29 is 4.79 Å². The highest BCUT2D eigenvalue weighted by Crippen LogP contribution is 2.26. The first-order chi connectivity index (χ1) is 17.3. The summed E-state index contributed by atoms with van der Waals surface area (Å²) in [5.74, 6) is 0.720. The first kappa shape index (κ1) is 23.5. The number of rotatable bonds is 9. The molecule has 1 amide bonds. The number of carbonyl (C=O) groups is 1. The van der Waals surface area contributed by atoms with Crippen LogP contribution in [0.25, 0.3) is 5.65 Å². The highest BCUT2D eigenvalue weighted by molar-refractivity contribution is 7.98. The van der Waals surface area contributed by atoms with E-state index in [1.165, 1.54) is 5.69 Å². The summed E-state index contributed by atoms with van der Waals surface area (Å²) in [6, 6.07) is 24.4. The highest BCUT2D eigenvalue weighted by Gasteiger charge is 2.17. The van der Waals surface area contributed by atoms with E-state index in [9.17, 15) is 4.79 Å². The lowest BCUT2D eigenvalue weighted by Crippen LogP contribution is -2.47. The lowest BCUT2D eigenvalue weighted by Gasteiger charge is -2.36. The molecule has 7 heteroatoms. The lowest BCUT2D eigenvalue weighted by molar-refractivity contribution is 0.0948. The first-order valence-electron chi connectivity index (χ1n) is 12.2. The van der Waals surface area contributed by atoms with Gasteiger partial charge in [-0.15, -0.1) is 11.8 Å². The third kappa shape index (κ3) is 6.05. The van der Waals surface area contributed by atoms with Gasteiger partial charge >= 0.3 is 0 Å². The summed E-state index contributed by atoms with van der Waals surface area (Å²) >= 11 is 1.65. The Morgan fingerprint density at radius 2 is 1.69 bits per heavy atom. The molecule has 1 aliphatic rings. The summed E-state index contributed by atoms with van der Waals surface area (Å²) in [5.41, 5.74) is 3.98. The Labute approximate surface area is 211 Å². The van der Waals surface area contributed by atoms with Crippen LogP contribution in [0.5, 0.6) is 0 Å². The van der Waals surface area contributed by atoms with Gasteiger partial charge in [0, 0.05) is 61.5 Å². The Morgan fingerprint density at radius 1 is 0.914 bits per heavy atom. The van der Waals surface area contributed by atoms with Crippen LogP contribution in [0.3, 0.4) is 0 Å². The Kier molecular flexibility index (Phi) is 7.66. The molecule has 3 heterocycles. The molecule has 1 fully saturated rings. The standard InChI is InChI=1S/C28H31N5OS/c34-28(29-14-8-15-31-17-19-32(20-18-31)24-9-2-1-3-10-24)25-11-4-5-12-26(25)35-22-23-21-33-16-7-6-13-27(33)30-23/h1-7,9-13,16,21H,8,14-15,17-20,22H2,(H,29,34). The minimum absolute atomic E-state index is 0.00278. The second-order valence-corrected chi connectivity index (χ2v) is 9.77. The van der Waals surface area contributed by atoms with Crippen LogP contribution in [-0.4, -0.2) is 59.5 Å². The molecule has 5 rings (SSSR count). The number of anilines is 1. The van der Waals surface area contributed by atoms with Crippen molar-refractivity contribution in [3.05, 3.63) is 96.4 Å². The van der Waals surface area contributed by atoms with Crippen LogP contribution in [0.1, 0.15) is 22.5 Å². The van der Waals surface area contributed by atoms with Gasteiger partial charge in [-0.3, -0.25) is 9.69 Å². The van der Waals surface area contributed by atoms with Crippen molar-refractivity contribution in [3.8, 4) is 0 Å². The third-order valence-corrected chi connectivity index (χ3v) is 7.46. The number of pyridine rings is 1. The first-order valence-corrected chi connectivity index (χ1v) is 13.2. The lowest BCUT2D eigenvalue weighted by atomic mass is 10.2. The van der Waals surface area contributed by atoms with Gasteiger partial charge in [0.15, 0.2) is 0 Å². The Balaban J connectivity index is 1.07. The quantitative estimate of drug-likeness (QED) is 0.278. The number of aromatic nitrogens is 2. The summed E-state index contributed by atoms with van der Waals surface area (Å²) in [6.07, 6.45) is 5.00. The molecule has 2 aromatic heterocycles. The fourth-order valence-electron chi connectivity index (χ4n) is 4.46. The zero-order valence-corrected chi connectivity index (χ0v) is 20.7. The van der Waals surface area contributed by atoms with E-state index in [0.29, 0.717) is 6.54 Å². The zero-order valence-electron chi connectivity index (χ0n) is 19.8. The molecule has 0 atom stereocenters. The summed E-state index contributed by atoms with van der Waals surface area (Å²) in [6.45, 7) is 5.91. The van der Waals surface area contributed by atoms with E-state index in [0.717, 1.165) is 66.7 Å². The average Bonchev–Trinajstić information content (AvgIpc) is 3.34. The predicted octanol–water partition coefficient (Wildman–Crippen LogP) is 4.57. The fourth-order valence-corrected chi connectivity index (χ4v) is 5.39. The number of piperazine rings is 1. The predicted molar refractivity (Wildman–Crippen MR) is 143 cm³/mol. The van der Waals surface area contributed by atoms with Crippen molar-refractivity contribution in [2.75, 3.05) is 44.2 Å². The molecular formula is C28H31N5OS. The number of imidazole rings is 1. The fraction of sp³-hybridized carbons (Fsp3) is 0.286. The number of nitrogens with zero attached hydrogens (tertiary/aromatic N) is 4. The molecule has 0 bridgehead atoms. The normalized spacial score (nSPS) is 14.3. The number of hydrogen-bond acceptors (Lipinski definition) is 5. The van der Waals surface area contributed by atoms with Gasteiger partial charge in [-0.1, -0.05) is 36.4 Å². The maximum Gasteiger partial charge on any atom is 0.252 e. The molecule has 180 valence electrons. The monoisotopic (exact) mass is 485 g/mol. The summed E-state index contributed by atoms with van der Waals surface area (Å²) in [7, 11) is 0. The van der Waals surface area contributed by atoms with E-state index in [1.807, 2.05) is 59.3 Å². The van der Waals surface area contributed by atoms with Crippen molar-refractivity contribution >= 4 is 29.0 Å². The number of hydrogen-bond donors (Lipinski definition) is 1. The minimum atomic E-state index is -0.00278. The van der Waals surface area contributed by atoms with Crippen molar-refractivity contribution in [1.82, 2.24) is 19.6 Å². The van der Waals surface area contributed by atoms with Gasteiger partial charge in [0.1, 0.15) is 5.65 Å². The van der Waals surface area contributed by atoms with Crippen LogP contribution in [0.4, 0.5) is 5.69 Å². The van der Waals surface area contributed by atoms with Crippen LogP contribution in [0.2, 0.25) is 0 Å². The van der Waals surface area contributed by atoms with Crippen LogP contribution in [-0.2, 0) is 5.75 Å². The van der Waals surface area contributed by atoms with Crippen LogP contribution >= 0.6 is 11.8 Å². The largest absolute Gasteiger partial charge is 0.369 e. The minimum Gasteiger partial charge on any atom is -0.369 e. The molecule has 1 N–H and O–H groups in total. The molecule has 0 saturated carbocycles. The maximum atomic E-state index is 12.9. The molecule has 1 aliphatic heterocycles. The van der Waals surface area contributed by atoms with Crippen molar-refractivity contribution in [1.29, 1.82) is 0 Å². The van der Waals surface area contributed by atoms with E-state index in [4.69, 9.17) is 0 Å². The maximum absolute atomic E-state index is 12.9. The SMILES string of the molecule is O=C(NCCCN1CCN(c2ccccc2)CC1)c1ccccc1SCc1cn2ccccc2n1. The number of nitrogens with one attached hydrogen (secondary N) is 1. The van der Waals surface area contributed by atoms with E-state index in [-0.39, 0.29) is 5.91 Å². The topological polar surface area (TPSA) is 52.9 Å². The Morgan fingerprint density at radius 3 is 2.51 bits per heavy atom. The number of carbonyl (C=O) groups excluding carboxylic acids is 1. The number of thioether (sulfide) groups is 1. The highest BCUT2D eigenvalue weighted by atomic mass is 32.2. The van der Waals surface area contributed by atoms with Crippen LogP contribution in [0.15, 0.2) is 90.1 Å². The van der Waals surface area contributed by atoms with Crippen molar-refractivity contribution in [2.24, 2.45) is 0 Å². The smallest absolute Gasteiger partial charge is 0.252 e. The Hall–Kier alpha value is -3.29. The van der Waals surface area contributed by atoms with Gasteiger partial charge in [-0.25, -0.2) is 4.98 Å². The van der Waals surface area contributed by atoms with E-state index in [1.54, 1.807) is 11.8 Å². The van der Waals surface area contributed by atoms with Gasteiger partial charge in [0.25, 0.3) is 5.91 Å². The Bertz CT molecular complexity index is 1220. The van der Waals surface area contributed by atoms with Gasteiger partial charge < -0.3 is 14.6 Å². The summed E-state index contributed by atoms with van der Waals surface area (Å²) < 4.78 is 2.02. The van der Waals surface area contributed by atoms with Gasteiger partial charge in [0.2, 0.25) is 0 Å². The zero-order chi connectivity index (χ0) is 23.9. The van der Waals surface area contributed by atoms with Crippen LogP contribution in [0, 0.1) is 0 Å². The van der Waals surface area contributed by atoms with Gasteiger partial charge in [-0.05, 0) is 49.4 Å². The van der Waals surface area contributed by atoms with E-state index in [2.05, 4.69) is 50.4 Å². The molecule has 6 nitrogen and oxygen atoms in total. The molecule has 0 aliphatic carbocycles. The number of benzene rings is 2.